The van der Waals surface area contributed by atoms with E-state index in [1.165, 1.54) is 5.56 Å². The molecule has 3 aromatic heterocycles. The second-order valence-corrected chi connectivity index (χ2v) is 7.80. The van der Waals surface area contributed by atoms with Crippen molar-refractivity contribution in [2.45, 2.75) is 19.8 Å². The number of benzene rings is 2. The molecule has 0 aliphatic heterocycles. The van der Waals surface area contributed by atoms with E-state index >= 15 is 0 Å². The Morgan fingerprint density at radius 1 is 1.03 bits per heavy atom. The number of rotatable bonds is 5. The van der Waals surface area contributed by atoms with E-state index in [4.69, 9.17) is 21.1 Å². The summed E-state index contributed by atoms with van der Waals surface area (Å²) >= 11 is 0. The van der Waals surface area contributed by atoms with Crippen molar-refractivity contribution in [3.8, 4) is 41.0 Å². The Balaban J connectivity index is 1.70. The number of hydrogen-bond donors (Lipinski definition) is 1. The highest BCUT2D eigenvalue weighted by Crippen LogP contribution is 2.32. The molecule has 0 unspecified atom stereocenters. The van der Waals surface area contributed by atoms with E-state index in [0.29, 0.717) is 29.0 Å². The predicted molar refractivity (Wildman–Crippen MR) is 126 cm³/mol. The monoisotopic (exact) mass is 419 g/mol. The maximum atomic E-state index is 5.64. The molecular weight excluding hydrogens is 398 g/mol. The van der Waals surface area contributed by atoms with Crippen molar-refractivity contribution in [2.24, 2.45) is 0 Å². The normalized spacial score (nSPS) is 11.2. The minimum Gasteiger partial charge on any atom is -0.481 e. The third kappa shape index (κ3) is 3.65. The zero-order valence-electron chi connectivity index (χ0n) is 17.8. The van der Waals surface area contributed by atoms with Gasteiger partial charge in [0.2, 0.25) is 0 Å². The number of imidazole rings is 1. The van der Waals surface area contributed by atoms with Crippen LogP contribution in [0.3, 0.4) is 0 Å². The van der Waals surface area contributed by atoms with Crippen molar-refractivity contribution < 1.29 is 4.74 Å². The fourth-order valence-corrected chi connectivity index (χ4v) is 3.63. The van der Waals surface area contributed by atoms with Crippen LogP contribution < -0.4 is 4.74 Å². The highest BCUT2D eigenvalue weighted by Gasteiger charge is 2.15. The third-order valence-corrected chi connectivity index (χ3v) is 5.31. The van der Waals surface area contributed by atoms with Crippen molar-refractivity contribution in [1.82, 2.24) is 24.9 Å². The molecule has 0 bridgehead atoms. The molecule has 5 aromatic rings. The molecule has 156 valence electrons. The zero-order valence-corrected chi connectivity index (χ0v) is 17.8. The van der Waals surface area contributed by atoms with Gasteiger partial charge in [-0.05, 0) is 41.8 Å². The van der Waals surface area contributed by atoms with Gasteiger partial charge >= 0.3 is 0 Å². The van der Waals surface area contributed by atoms with Crippen LogP contribution in [0.1, 0.15) is 25.3 Å². The highest BCUT2D eigenvalue weighted by molar-refractivity contribution is 5.94. The lowest BCUT2D eigenvalue weighted by molar-refractivity contribution is 0.371. The lowest BCUT2D eigenvalue weighted by atomic mass is 9.99. The van der Waals surface area contributed by atoms with Gasteiger partial charge in [-0.25, -0.2) is 19.9 Å². The average molecular weight is 419 g/mol. The topological polar surface area (TPSA) is 76.6 Å². The second kappa shape index (κ2) is 8.12. The van der Waals surface area contributed by atoms with Crippen molar-refractivity contribution in [3.63, 3.8) is 0 Å². The summed E-state index contributed by atoms with van der Waals surface area (Å²) in [5, 5.41) is 0.884. The number of aromatic nitrogens is 5. The van der Waals surface area contributed by atoms with Gasteiger partial charge in [-0.3, -0.25) is 0 Å². The van der Waals surface area contributed by atoms with Crippen LogP contribution in [0.15, 0.2) is 60.8 Å². The Hall–Kier alpha value is -4.24. The molecule has 3 heterocycles. The van der Waals surface area contributed by atoms with E-state index in [1.807, 2.05) is 30.3 Å². The largest absolute Gasteiger partial charge is 0.481 e. The fraction of sp³-hybridized carbons (Fsp3) is 0.154. The minimum atomic E-state index is 0.203. The molecule has 32 heavy (non-hydrogen) atoms. The van der Waals surface area contributed by atoms with Gasteiger partial charge in [0, 0.05) is 17.1 Å². The predicted octanol–water partition coefficient (Wildman–Crippen LogP) is 5.37. The number of aromatic amines is 1. The molecular formula is C26H21N5O. The van der Waals surface area contributed by atoms with Crippen molar-refractivity contribution >= 4 is 22.1 Å². The molecule has 0 aliphatic carbocycles. The van der Waals surface area contributed by atoms with E-state index in [0.717, 1.165) is 27.7 Å². The molecule has 0 spiro atoms. The van der Waals surface area contributed by atoms with E-state index in [-0.39, 0.29) is 6.61 Å². The third-order valence-electron chi connectivity index (χ3n) is 5.31. The van der Waals surface area contributed by atoms with Gasteiger partial charge < -0.3 is 9.72 Å². The lowest BCUT2D eigenvalue weighted by Gasteiger charge is -2.11. The summed E-state index contributed by atoms with van der Waals surface area (Å²) in [6, 6.07) is 18.0. The molecule has 0 saturated carbocycles. The van der Waals surface area contributed by atoms with Crippen LogP contribution in [0.5, 0.6) is 5.75 Å². The standard InChI is InChI=1S/C26H21N5O/c1-4-14-32-19-11-12-21-20(15-19)23(18-9-7-17(8-10-18)16(2)3)30-25(28-21)26-29-22-6-5-13-27-24(22)31-26/h1,5-13,15-16H,14H2,2-3H3,(H,27,29,31). The molecule has 0 saturated heterocycles. The molecule has 0 atom stereocenters. The number of terminal acetylenes is 1. The van der Waals surface area contributed by atoms with Crippen LogP contribution in [0.2, 0.25) is 0 Å². The van der Waals surface area contributed by atoms with Crippen molar-refractivity contribution in [1.29, 1.82) is 0 Å². The van der Waals surface area contributed by atoms with Gasteiger partial charge in [0.1, 0.15) is 12.4 Å². The molecule has 6 nitrogen and oxygen atoms in total. The van der Waals surface area contributed by atoms with Gasteiger partial charge in [0.15, 0.2) is 17.3 Å². The van der Waals surface area contributed by atoms with E-state index in [9.17, 15) is 0 Å². The summed E-state index contributed by atoms with van der Waals surface area (Å²) in [7, 11) is 0. The van der Waals surface area contributed by atoms with Gasteiger partial charge in [-0.15, -0.1) is 6.42 Å². The summed E-state index contributed by atoms with van der Waals surface area (Å²) in [6.45, 7) is 4.56. The quantitative estimate of drug-likeness (QED) is 0.388. The number of nitrogens with one attached hydrogen (secondary N) is 1. The van der Waals surface area contributed by atoms with E-state index in [1.54, 1.807) is 6.20 Å². The number of H-pyrrole nitrogens is 1. The highest BCUT2D eigenvalue weighted by atomic mass is 16.5. The Labute approximate surface area is 185 Å². The smallest absolute Gasteiger partial charge is 0.196 e. The number of ether oxygens (including phenoxy) is 1. The summed E-state index contributed by atoms with van der Waals surface area (Å²) in [4.78, 5) is 21.8. The van der Waals surface area contributed by atoms with Gasteiger partial charge in [-0.1, -0.05) is 44.0 Å². The van der Waals surface area contributed by atoms with Crippen LogP contribution in [-0.2, 0) is 0 Å². The number of fused-ring (bicyclic) bond motifs is 2. The van der Waals surface area contributed by atoms with Gasteiger partial charge in [0.05, 0.1) is 16.7 Å². The summed E-state index contributed by atoms with van der Waals surface area (Å²) in [5.41, 5.74) is 5.33. The first-order chi connectivity index (χ1) is 15.6. The molecule has 0 amide bonds. The van der Waals surface area contributed by atoms with Crippen LogP contribution >= 0.6 is 0 Å². The summed E-state index contributed by atoms with van der Waals surface area (Å²) in [6.07, 6.45) is 7.07. The Kier molecular flexibility index (Phi) is 5.00. The molecule has 2 aromatic carbocycles. The molecule has 1 N–H and O–H groups in total. The van der Waals surface area contributed by atoms with Crippen LogP contribution in [-0.4, -0.2) is 31.5 Å². The first-order valence-electron chi connectivity index (χ1n) is 10.4. The Bertz CT molecular complexity index is 1430. The van der Waals surface area contributed by atoms with Crippen LogP contribution in [0, 0.1) is 12.3 Å². The van der Waals surface area contributed by atoms with Gasteiger partial charge in [-0.2, -0.15) is 0 Å². The summed E-state index contributed by atoms with van der Waals surface area (Å²) < 4.78 is 5.64. The molecule has 0 aliphatic rings. The van der Waals surface area contributed by atoms with Gasteiger partial charge in [0.25, 0.3) is 0 Å². The average Bonchev–Trinajstić information content (AvgIpc) is 3.26. The Morgan fingerprint density at radius 2 is 1.88 bits per heavy atom. The Morgan fingerprint density at radius 3 is 2.62 bits per heavy atom. The maximum Gasteiger partial charge on any atom is 0.196 e. The maximum absolute atomic E-state index is 5.64. The number of nitrogens with zero attached hydrogens (tertiary/aromatic N) is 4. The molecule has 0 fully saturated rings. The fourth-order valence-electron chi connectivity index (χ4n) is 3.63. The first-order valence-corrected chi connectivity index (χ1v) is 10.4. The summed E-state index contributed by atoms with van der Waals surface area (Å²) in [5.74, 6) is 4.72. The number of hydrogen-bond acceptors (Lipinski definition) is 5. The van der Waals surface area contributed by atoms with Crippen molar-refractivity contribution in [3.05, 3.63) is 66.4 Å². The van der Waals surface area contributed by atoms with Crippen molar-refractivity contribution in [2.75, 3.05) is 6.61 Å². The van der Waals surface area contributed by atoms with Crippen LogP contribution in [0.4, 0.5) is 0 Å². The molecule has 0 radical (unpaired) electrons. The first kappa shape index (κ1) is 19.7. The minimum absolute atomic E-state index is 0.203. The molecule has 5 rings (SSSR count). The van der Waals surface area contributed by atoms with E-state index in [2.05, 4.69) is 59.0 Å². The second-order valence-electron chi connectivity index (χ2n) is 7.80. The van der Waals surface area contributed by atoms with E-state index < -0.39 is 0 Å². The zero-order chi connectivity index (χ0) is 22.1. The molecule has 6 heteroatoms. The number of pyridine rings is 1. The van der Waals surface area contributed by atoms with Crippen LogP contribution in [0.25, 0.3) is 45.0 Å². The lowest BCUT2D eigenvalue weighted by Crippen LogP contribution is -1.98. The SMILES string of the molecule is C#CCOc1ccc2nc(-c3nc4ncccc4[nH]3)nc(-c3ccc(C(C)C)cc3)c2c1.